The van der Waals surface area contributed by atoms with E-state index in [0.29, 0.717) is 19.1 Å². The maximum absolute atomic E-state index is 12.9. The van der Waals surface area contributed by atoms with Crippen molar-refractivity contribution in [3.05, 3.63) is 23.0 Å². The summed E-state index contributed by atoms with van der Waals surface area (Å²) in [5, 5.41) is 9.16. The van der Waals surface area contributed by atoms with Crippen LogP contribution in [0.4, 0.5) is 0 Å². The average Bonchev–Trinajstić information content (AvgIpc) is 3.09. The summed E-state index contributed by atoms with van der Waals surface area (Å²) in [6.45, 7) is 9.64. The Morgan fingerprint density at radius 1 is 1.26 bits per heavy atom. The molecule has 23 heavy (non-hydrogen) atoms. The first-order valence-corrected chi connectivity index (χ1v) is 8.47. The minimum atomic E-state index is -0.676. The fourth-order valence-corrected chi connectivity index (χ4v) is 4.36. The van der Waals surface area contributed by atoms with E-state index in [9.17, 15) is 9.59 Å². The summed E-state index contributed by atoms with van der Waals surface area (Å²) in [5.74, 6) is -0.775. The maximum atomic E-state index is 12.9. The third-order valence-corrected chi connectivity index (χ3v) is 5.77. The maximum Gasteiger partial charge on any atom is 0.307 e. The normalized spacial score (nSPS) is 22.7. The van der Waals surface area contributed by atoms with Gasteiger partial charge in [0.2, 0.25) is 0 Å². The lowest BCUT2D eigenvalue weighted by molar-refractivity contribution is -0.139. The molecule has 5 heteroatoms. The number of aliphatic carboxylic acids is 1. The fourth-order valence-electron chi connectivity index (χ4n) is 4.36. The minimum absolute atomic E-state index is 0.0303. The highest BCUT2D eigenvalue weighted by Crippen LogP contribution is 2.59. The summed E-state index contributed by atoms with van der Waals surface area (Å²) >= 11 is 0. The molecule has 1 unspecified atom stereocenters. The molecule has 1 aliphatic carbocycles. The van der Waals surface area contributed by atoms with Gasteiger partial charge in [-0.2, -0.15) is 0 Å². The van der Waals surface area contributed by atoms with E-state index < -0.39 is 5.97 Å². The van der Waals surface area contributed by atoms with Crippen LogP contribution in [0.1, 0.15) is 60.9 Å². The van der Waals surface area contributed by atoms with Gasteiger partial charge in [0.25, 0.3) is 5.91 Å². The molecule has 1 saturated carbocycles. The third kappa shape index (κ3) is 2.56. The molecule has 1 atom stereocenters. The first-order chi connectivity index (χ1) is 10.8. The number of likely N-dealkylation sites (tertiary alicyclic amines) is 1. The van der Waals surface area contributed by atoms with Crippen LogP contribution in [0.25, 0.3) is 0 Å². The standard InChI is InChI=1S/C18H26N2O3/c1-11(2)20-12(3)9-14(13(20)4)16(21)19-7-5-18(6-8-19)10-15(18)17(22)23/h9,11,15H,5-8,10H2,1-4H3,(H,22,23). The second-order valence-corrected chi connectivity index (χ2v) is 7.50. The van der Waals surface area contributed by atoms with Gasteiger partial charge in [-0.05, 0) is 58.4 Å². The second-order valence-electron chi connectivity index (χ2n) is 7.50. The minimum Gasteiger partial charge on any atom is -0.481 e. The van der Waals surface area contributed by atoms with Crippen LogP contribution in [-0.2, 0) is 4.79 Å². The Labute approximate surface area is 137 Å². The van der Waals surface area contributed by atoms with Crippen molar-refractivity contribution in [1.82, 2.24) is 9.47 Å². The number of amides is 1. The van der Waals surface area contributed by atoms with Crippen LogP contribution in [0, 0.1) is 25.2 Å². The van der Waals surface area contributed by atoms with Gasteiger partial charge in [-0.1, -0.05) is 0 Å². The van der Waals surface area contributed by atoms with Gasteiger partial charge in [-0.3, -0.25) is 9.59 Å². The van der Waals surface area contributed by atoms with Crippen molar-refractivity contribution in [2.75, 3.05) is 13.1 Å². The van der Waals surface area contributed by atoms with Crippen LogP contribution in [0.5, 0.6) is 0 Å². The molecule has 1 aliphatic heterocycles. The summed E-state index contributed by atoms with van der Waals surface area (Å²) in [6, 6.07) is 2.32. The van der Waals surface area contributed by atoms with Gasteiger partial charge in [0.15, 0.2) is 0 Å². The number of piperidine rings is 1. The molecule has 1 N–H and O–H groups in total. The molecule has 1 amide bonds. The Kier molecular flexibility index (Phi) is 3.77. The van der Waals surface area contributed by atoms with E-state index in [2.05, 4.69) is 18.4 Å². The van der Waals surface area contributed by atoms with Crippen LogP contribution < -0.4 is 0 Å². The Hall–Kier alpha value is -1.78. The number of nitrogens with zero attached hydrogens (tertiary/aromatic N) is 2. The summed E-state index contributed by atoms with van der Waals surface area (Å²) in [6.07, 6.45) is 2.42. The van der Waals surface area contributed by atoms with Gasteiger partial charge >= 0.3 is 5.97 Å². The SMILES string of the molecule is Cc1cc(C(=O)N2CCC3(CC2)CC3C(=O)O)c(C)n1C(C)C. The van der Waals surface area contributed by atoms with Gasteiger partial charge in [0, 0.05) is 30.5 Å². The molecule has 1 aromatic heterocycles. The van der Waals surface area contributed by atoms with Crippen molar-refractivity contribution >= 4 is 11.9 Å². The zero-order chi connectivity index (χ0) is 16.9. The Morgan fingerprint density at radius 3 is 2.30 bits per heavy atom. The molecule has 2 fully saturated rings. The van der Waals surface area contributed by atoms with Crippen molar-refractivity contribution in [1.29, 1.82) is 0 Å². The van der Waals surface area contributed by atoms with E-state index in [4.69, 9.17) is 5.11 Å². The molecule has 1 saturated heterocycles. The number of carboxylic acid groups (broad SMARTS) is 1. The third-order valence-electron chi connectivity index (χ3n) is 5.77. The van der Waals surface area contributed by atoms with Crippen LogP contribution >= 0.6 is 0 Å². The molecule has 3 rings (SSSR count). The monoisotopic (exact) mass is 318 g/mol. The highest BCUT2D eigenvalue weighted by atomic mass is 16.4. The molecule has 0 aromatic carbocycles. The predicted octanol–water partition coefficient (Wildman–Crippen LogP) is 3.01. The molecule has 1 aromatic rings. The number of carboxylic acids is 1. The number of carbonyl (C=O) groups is 2. The number of carbonyl (C=O) groups excluding carboxylic acids is 1. The number of hydrogen-bond acceptors (Lipinski definition) is 2. The van der Waals surface area contributed by atoms with Crippen molar-refractivity contribution < 1.29 is 14.7 Å². The van der Waals surface area contributed by atoms with Crippen LogP contribution in [0.3, 0.4) is 0 Å². The van der Waals surface area contributed by atoms with Gasteiger partial charge in [0.05, 0.1) is 11.5 Å². The Morgan fingerprint density at radius 2 is 1.87 bits per heavy atom. The van der Waals surface area contributed by atoms with Crippen LogP contribution in [0.2, 0.25) is 0 Å². The largest absolute Gasteiger partial charge is 0.481 e. The molecule has 1 spiro atoms. The zero-order valence-electron chi connectivity index (χ0n) is 14.4. The lowest BCUT2D eigenvalue weighted by atomic mass is 9.90. The van der Waals surface area contributed by atoms with E-state index >= 15 is 0 Å². The van der Waals surface area contributed by atoms with Crippen molar-refractivity contribution in [2.45, 2.75) is 53.0 Å². The number of hydrogen-bond donors (Lipinski definition) is 1. The topological polar surface area (TPSA) is 62.5 Å². The molecule has 2 aliphatic rings. The van der Waals surface area contributed by atoms with Gasteiger partial charge < -0.3 is 14.6 Å². The molecule has 0 bridgehead atoms. The molecule has 0 radical (unpaired) electrons. The summed E-state index contributed by atoms with van der Waals surface area (Å²) in [5.41, 5.74) is 2.90. The van der Waals surface area contributed by atoms with Crippen LogP contribution in [-0.4, -0.2) is 39.5 Å². The Bertz CT molecular complexity index is 651. The van der Waals surface area contributed by atoms with E-state index in [1.807, 2.05) is 24.8 Å². The van der Waals surface area contributed by atoms with Crippen molar-refractivity contribution in [2.24, 2.45) is 11.3 Å². The Balaban J connectivity index is 1.71. The predicted molar refractivity (Wildman–Crippen MR) is 87.6 cm³/mol. The zero-order valence-corrected chi connectivity index (χ0v) is 14.4. The van der Waals surface area contributed by atoms with Crippen molar-refractivity contribution in [3.8, 4) is 0 Å². The van der Waals surface area contributed by atoms with Crippen molar-refractivity contribution in [3.63, 3.8) is 0 Å². The number of aryl methyl sites for hydroxylation is 1. The van der Waals surface area contributed by atoms with E-state index in [0.717, 1.165) is 36.2 Å². The van der Waals surface area contributed by atoms with E-state index in [1.165, 1.54) is 0 Å². The highest BCUT2D eigenvalue weighted by Gasteiger charge is 2.59. The summed E-state index contributed by atoms with van der Waals surface area (Å²) in [4.78, 5) is 25.9. The molecule has 2 heterocycles. The quantitative estimate of drug-likeness (QED) is 0.932. The molecule has 126 valence electrons. The smallest absolute Gasteiger partial charge is 0.307 e. The summed E-state index contributed by atoms with van der Waals surface area (Å²) < 4.78 is 2.19. The van der Waals surface area contributed by atoms with Gasteiger partial charge in [-0.25, -0.2) is 0 Å². The fraction of sp³-hybridized carbons (Fsp3) is 0.667. The van der Waals surface area contributed by atoms with Gasteiger partial charge in [0.1, 0.15) is 0 Å². The highest BCUT2D eigenvalue weighted by molar-refractivity contribution is 5.95. The average molecular weight is 318 g/mol. The first-order valence-electron chi connectivity index (χ1n) is 8.47. The second kappa shape index (κ2) is 5.39. The molecular weight excluding hydrogens is 292 g/mol. The van der Waals surface area contributed by atoms with Crippen LogP contribution in [0.15, 0.2) is 6.07 Å². The molecule has 5 nitrogen and oxygen atoms in total. The number of rotatable bonds is 3. The van der Waals surface area contributed by atoms with E-state index in [1.54, 1.807) is 0 Å². The lowest BCUT2D eigenvalue weighted by Gasteiger charge is -2.32. The first kappa shape index (κ1) is 16.1. The number of aromatic nitrogens is 1. The summed E-state index contributed by atoms with van der Waals surface area (Å²) in [7, 11) is 0. The molecular formula is C18H26N2O3. The lowest BCUT2D eigenvalue weighted by Crippen LogP contribution is -2.40. The van der Waals surface area contributed by atoms with E-state index in [-0.39, 0.29) is 17.2 Å². The van der Waals surface area contributed by atoms with Gasteiger partial charge in [-0.15, -0.1) is 0 Å².